The van der Waals surface area contributed by atoms with E-state index in [1.165, 1.54) is 33.5 Å². The molecule has 1 aliphatic rings. The van der Waals surface area contributed by atoms with E-state index in [9.17, 15) is 9.59 Å². The largest absolute Gasteiger partial charge is 0.478 e. The van der Waals surface area contributed by atoms with Gasteiger partial charge in [0, 0.05) is 68.9 Å². The standard InChI is InChI=1S/C26H32N4.C4H4O4/c1-19-14-24(15-20(2)22(19)4)26-16-23(8-9-27-26)17-29-10-12-30(13-11-29)18-25-7-5-6-21(3)28-25;5-3(6)1-2-4(7)8/h5-9,14-16H,10-13,17-18H2,1-4H3;1-2H,(H,5,6)(H,7,8)/b;2-1-. The van der Waals surface area contributed by atoms with Gasteiger partial charge in [0.05, 0.1) is 11.4 Å². The lowest BCUT2D eigenvalue weighted by molar-refractivity contribution is -0.134. The van der Waals surface area contributed by atoms with E-state index in [-0.39, 0.29) is 0 Å². The third kappa shape index (κ3) is 8.90. The second-order valence-corrected chi connectivity index (χ2v) is 9.62. The molecule has 1 saturated heterocycles. The van der Waals surface area contributed by atoms with Gasteiger partial charge in [0.1, 0.15) is 0 Å². The van der Waals surface area contributed by atoms with E-state index in [0.29, 0.717) is 12.2 Å². The van der Waals surface area contributed by atoms with Crippen molar-refractivity contribution >= 4 is 11.9 Å². The zero-order chi connectivity index (χ0) is 27.7. The van der Waals surface area contributed by atoms with E-state index in [2.05, 4.69) is 89.9 Å². The predicted molar refractivity (Wildman–Crippen MR) is 148 cm³/mol. The fourth-order valence-electron chi connectivity index (χ4n) is 4.34. The summed E-state index contributed by atoms with van der Waals surface area (Å²) in [4.78, 5) is 33.5. The number of nitrogens with zero attached hydrogens (tertiary/aromatic N) is 4. The second-order valence-electron chi connectivity index (χ2n) is 9.62. The molecule has 3 aromatic rings. The van der Waals surface area contributed by atoms with Crippen molar-refractivity contribution in [1.82, 2.24) is 19.8 Å². The Kier molecular flexibility index (Phi) is 10.3. The molecule has 0 atom stereocenters. The van der Waals surface area contributed by atoms with E-state index in [1.807, 2.05) is 6.20 Å². The lowest BCUT2D eigenvalue weighted by Gasteiger charge is -2.34. The number of aromatic nitrogens is 2. The molecule has 38 heavy (non-hydrogen) atoms. The summed E-state index contributed by atoms with van der Waals surface area (Å²) in [5, 5.41) is 15.6. The average molecular weight is 517 g/mol. The number of carboxylic acid groups (broad SMARTS) is 2. The van der Waals surface area contributed by atoms with Crippen LogP contribution < -0.4 is 0 Å². The Bertz CT molecular complexity index is 1260. The number of piperazine rings is 1. The van der Waals surface area contributed by atoms with Crippen molar-refractivity contribution in [3.63, 3.8) is 0 Å². The van der Waals surface area contributed by atoms with Gasteiger partial charge in [0.2, 0.25) is 0 Å². The molecule has 0 radical (unpaired) electrons. The minimum absolute atomic E-state index is 0.558. The van der Waals surface area contributed by atoms with Crippen LogP contribution in [-0.4, -0.2) is 68.1 Å². The average Bonchev–Trinajstić information content (AvgIpc) is 2.87. The fourth-order valence-corrected chi connectivity index (χ4v) is 4.34. The zero-order valence-electron chi connectivity index (χ0n) is 22.5. The third-order valence-corrected chi connectivity index (χ3v) is 6.62. The second kappa shape index (κ2) is 13.6. The quantitative estimate of drug-likeness (QED) is 0.445. The Balaban J connectivity index is 0.000000436. The molecule has 0 bridgehead atoms. The van der Waals surface area contributed by atoms with Crippen molar-refractivity contribution < 1.29 is 19.8 Å². The number of aliphatic carboxylic acids is 2. The van der Waals surface area contributed by atoms with E-state index < -0.39 is 11.9 Å². The number of pyridine rings is 2. The molecular formula is C30H36N4O4. The summed E-state index contributed by atoms with van der Waals surface area (Å²) < 4.78 is 0. The number of aryl methyl sites for hydroxylation is 3. The molecule has 1 aliphatic heterocycles. The maximum absolute atomic E-state index is 9.55. The summed E-state index contributed by atoms with van der Waals surface area (Å²) in [5.74, 6) is -2.51. The first-order valence-electron chi connectivity index (χ1n) is 12.6. The summed E-state index contributed by atoms with van der Waals surface area (Å²) in [5.41, 5.74) is 9.92. The third-order valence-electron chi connectivity index (χ3n) is 6.62. The molecular weight excluding hydrogens is 480 g/mol. The summed E-state index contributed by atoms with van der Waals surface area (Å²) in [6.07, 6.45) is 3.07. The van der Waals surface area contributed by atoms with Crippen molar-refractivity contribution in [2.75, 3.05) is 26.2 Å². The van der Waals surface area contributed by atoms with Crippen LogP contribution in [-0.2, 0) is 22.7 Å². The fraction of sp³-hybridized carbons (Fsp3) is 0.333. The molecule has 0 spiro atoms. The van der Waals surface area contributed by atoms with E-state index >= 15 is 0 Å². The summed E-state index contributed by atoms with van der Waals surface area (Å²) >= 11 is 0. The smallest absolute Gasteiger partial charge is 0.328 e. The first-order chi connectivity index (χ1) is 18.1. The highest BCUT2D eigenvalue weighted by atomic mass is 16.4. The van der Waals surface area contributed by atoms with Crippen molar-refractivity contribution in [1.29, 1.82) is 0 Å². The zero-order valence-corrected chi connectivity index (χ0v) is 22.5. The van der Waals surface area contributed by atoms with Crippen molar-refractivity contribution in [2.45, 2.75) is 40.8 Å². The van der Waals surface area contributed by atoms with Crippen molar-refractivity contribution in [3.05, 3.63) is 94.5 Å². The Hall–Kier alpha value is -3.88. The van der Waals surface area contributed by atoms with Crippen LogP contribution in [0.25, 0.3) is 11.3 Å². The van der Waals surface area contributed by atoms with Gasteiger partial charge in [-0.3, -0.25) is 19.8 Å². The maximum Gasteiger partial charge on any atom is 0.328 e. The van der Waals surface area contributed by atoms with Crippen LogP contribution in [0.3, 0.4) is 0 Å². The van der Waals surface area contributed by atoms with Gasteiger partial charge >= 0.3 is 11.9 Å². The van der Waals surface area contributed by atoms with Gasteiger partial charge < -0.3 is 10.2 Å². The lowest BCUT2D eigenvalue weighted by Crippen LogP contribution is -2.45. The van der Waals surface area contributed by atoms with Gasteiger partial charge in [-0.1, -0.05) is 6.07 Å². The minimum atomic E-state index is -1.26. The summed E-state index contributed by atoms with van der Waals surface area (Å²) in [6.45, 7) is 14.9. The van der Waals surface area contributed by atoms with E-state index in [4.69, 9.17) is 10.2 Å². The van der Waals surface area contributed by atoms with Crippen LogP contribution in [0.2, 0.25) is 0 Å². The molecule has 2 aromatic heterocycles. The highest BCUT2D eigenvalue weighted by Crippen LogP contribution is 2.24. The number of rotatable bonds is 7. The highest BCUT2D eigenvalue weighted by Gasteiger charge is 2.18. The van der Waals surface area contributed by atoms with Gasteiger partial charge in [0.15, 0.2) is 0 Å². The molecule has 8 nitrogen and oxygen atoms in total. The molecule has 1 fully saturated rings. The van der Waals surface area contributed by atoms with Gasteiger partial charge in [-0.25, -0.2) is 9.59 Å². The molecule has 0 aliphatic carbocycles. The molecule has 200 valence electrons. The van der Waals surface area contributed by atoms with Crippen molar-refractivity contribution in [2.24, 2.45) is 0 Å². The molecule has 0 amide bonds. The van der Waals surface area contributed by atoms with Crippen LogP contribution in [0.4, 0.5) is 0 Å². The van der Waals surface area contributed by atoms with Gasteiger partial charge in [0.25, 0.3) is 0 Å². The van der Waals surface area contributed by atoms with Crippen LogP contribution in [0.15, 0.2) is 60.8 Å². The normalized spacial score (nSPS) is 14.2. The molecule has 0 unspecified atom stereocenters. The Morgan fingerprint density at radius 2 is 1.42 bits per heavy atom. The van der Waals surface area contributed by atoms with Crippen LogP contribution >= 0.6 is 0 Å². The molecule has 8 heteroatoms. The SMILES string of the molecule is Cc1cccc(CN2CCN(Cc3ccnc(-c4cc(C)c(C)c(C)c4)c3)CC2)n1.O=C(O)/C=C\C(=O)O. The molecule has 0 saturated carbocycles. The highest BCUT2D eigenvalue weighted by molar-refractivity contribution is 5.89. The molecule has 1 aromatic carbocycles. The monoisotopic (exact) mass is 516 g/mol. The van der Waals surface area contributed by atoms with E-state index in [1.54, 1.807) is 0 Å². The number of hydrogen-bond donors (Lipinski definition) is 2. The number of hydrogen-bond acceptors (Lipinski definition) is 6. The number of carbonyl (C=O) groups is 2. The van der Waals surface area contributed by atoms with Crippen LogP contribution in [0, 0.1) is 27.7 Å². The number of carboxylic acids is 2. The Labute approximate surface area is 224 Å². The first kappa shape index (κ1) is 28.7. The Morgan fingerprint density at radius 3 is 1.97 bits per heavy atom. The first-order valence-corrected chi connectivity index (χ1v) is 12.6. The summed E-state index contributed by atoms with van der Waals surface area (Å²) in [7, 11) is 0. The number of benzene rings is 1. The Morgan fingerprint density at radius 1 is 0.842 bits per heavy atom. The van der Waals surface area contributed by atoms with Gasteiger partial charge in [-0.05, 0) is 86.3 Å². The minimum Gasteiger partial charge on any atom is -0.478 e. The van der Waals surface area contributed by atoms with Crippen LogP contribution in [0.5, 0.6) is 0 Å². The van der Waals surface area contributed by atoms with Crippen LogP contribution in [0.1, 0.15) is 33.6 Å². The van der Waals surface area contributed by atoms with E-state index in [0.717, 1.165) is 50.7 Å². The van der Waals surface area contributed by atoms with Crippen molar-refractivity contribution in [3.8, 4) is 11.3 Å². The molecule has 3 heterocycles. The topological polar surface area (TPSA) is 107 Å². The van der Waals surface area contributed by atoms with Gasteiger partial charge in [-0.15, -0.1) is 0 Å². The summed E-state index contributed by atoms with van der Waals surface area (Å²) in [6, 6.07) is 15.2. The molecule has 2 N–H and O–H groups in total. The lowest BCUT2D eigenvalue weighted by atomic mass is 9.98. The maximum atomic E-state index is 9.55. The van der Waals surface area contributed by atoms with Gasteiger partial charge in [-0.2, -0.15) is 0 Å². The predicted octanol–water partition coefficient (Wildman–Crippen LogP) is 4.41. The molecule has 4 rings (SSSR count).